The fraction of sp³-hybridized carbons (Fsp3) is 0.588. The molecule has 1 amide bonds. The van der Waals surface area contributed by atoms with Crippen molar-refractivity contribution >= 4 is 34.0 Å². The van der Waals surface area contributed by atoms with Crippen molar-refractivity contribution in [3.8, 4) is 0 Å². The Morgan fingerprint density at radius 1 is 1.28 bits per heavy atom. The van der Waals surface area contributed by atoms with Crippen LogP contribution < -0.4 is 11.1 Å². The molecule has 25 heavy (non-hydrogen) atoms. The van der Waals surface area contributed by atoms with Crippen LogP contribution >= 0.6 is 12.4 Å². The lowest BCUT2D eigenvalue weighted by Crippen LogP contribution is -2.31. The summed E-state index contributed by atoms with van der Waals surface area (Å²) in [5, 5.41) is 2.84. The minimum Gasteiger partial charge on any atom is -0.328 e. The van der Waals surface area contributed by atoms with Crippen LogP contribution in [0, 0.1) is 12.8 Å². The number of benzene rings is 1. The van der Waals surface area contributed by atoms with Crippen LogP contribution in [0.15, 0.2) is 23.1 Å². The number of aryl methyl sites for hydroxylation is 1. The van der Waals surface area contributed by atoms with Crippen molar-refractivity contribution in [1.29, 1.82) is 0 Å². The molecule has 1 fully saturated rings. The van der Waals surface area contributed by atoms with Gasteiger partial charge < -0.3 is 11.1 Å². The summed E-state index contributed by atoms with van der Waals surface area (Å²) in [6.07, 6.45) is 2.32. The monoisotopic (exact) mass is 389 g/mol. The Kier molecular flexibility index (Phi) is 7.87. The molecule has 0 spiro atoms. The quantitative estimate of drug-likeness (QED) is 0.781. The molecule has 1 aliphatic carbocycles. The van der Waals surface area contributed by atoms with Gasteiger partial charge in [0.25, 0.3) is 0 Å². The van der Waals surface area contributed by atoms with E-state index in [0.717, 1.165) is 12.8 Å². The predicted molar refractivity (Wildman–Crippen MR) is 102 cm³/mol. The van der Waals surface area contributed by atoms with Crippen molar-refractivity contribution in [3.05, 3.63) is 23.8 Å². The summed E-state index contributed by atoms with van der Waals surface area (Å²) in [5.41, 5.74) is 7.04. The maximum atomic E-state index is 12.7. The maximum Gasteiger partial charge on any atom is 0.243 e. The third-order valence-electron chi connectivity index (χ3n) is 4.62. The maximum absolute atomic E-state index is 12.7. The average Bonchev–Trinajstić information content (AvgIpc) is 2.96. The lowest BCUT2D eigenvalue weighted by atomic mass is 10.1. The first-order valence-corrected chi connectivity index (χ1v) is 9.90. The molecule has 0 aliphatic heterocycles. The zero-order chi connectivity index (χ0) is 17.9. The number of nitrogens with two attached hydrogens (primary N) is 1. The van der Waals surface area contributed by atoms with E-state index >= 15 is 0 Å². The zero-order valence-corrected chi connectivity index (χ0v) is 16.6. The first-order valence-electron chi connectivity index (χ1n) is 8.46. The van der Waals surface area contributed by atoms with Crippen LogP contribution in [-0.4, -0.2) is 37.8 Å². The second-order valence-electron chi connectivity index (χ2n) is 6.33. The molecular formula is C17H28ClN3O3S. The van der Waals surface area contributed by atoms with Crippen LogP contribution in [0.4, 0.5) is 5.69 Å². The number of rotatable bonds is 6. The number of carbonyl (C=O) groups is 1. The summed E-state index contributed by atoms with van der Waals surface area (Å²) in [4.78, 5) is 12.6. The smallest absolute Gasteiger partial charge is 0.243 e. The molecule has 6 nitrogen and oxygen atoms in total. The number of carbonyl (C=O) groups excluding carboxylic acids is 1. The van der Waals surface area contributed by atoms with E-state index in [1.54, 1.807) is 25.1 Å². The van der Waals surface area contributed by atoms with Gasteiger partial charge in [-0.3, -0.25) is 4.79 Å². The number of hydrogen-bond acceptors (Lipinski definition) is 4. The van der Waals surface area contributed by atoms with Crippen LogP contribution in [0.3, 0.4) is 0 Å². The average molecular weight is 390 g/mol. The van der Waals surface area contributed by atoms with E-state index in [1.807, 2.05) is 13.8 Å². The number of nitrogens with zero attached hydrogens (tertiary/aromatic N) is 1. The Labute approximate surface area is 156 Å². The Bertz CT molecular complexity index is 705. The van der Waals surface area contributed by atoms with Gasteiger partial charge in [-0.2, -0.15) is 4.31 Å². The van der Waals surface area contributed by atoms with Gasteiger partial charge in [-0.1, -0.05) is 19.9 Å². The highest BCUT2D eigenvalue weighted by molar-refractivity contribution is 7.89. The molecule has 142 valence electrons. The molecule has 0 radical (unpaired) electrons. The number of sulfonamides is 1. The SMILES string of the molecule is CCN(CC)S(=O)(=O)c1cc(NC(=O)C2CCC(N)C2)ccc1C.Cl. The molecule has 2 unspecified atom stereocenters. The van der Waals surface area contributed by atoms with E-state index in [4.69, 9.17) is 5.73 Å². The van der Waals surface area contributed by atoms with E-state index in [9.17, 15) is 13.2 Å². The molecule has 2 rings (SSSR count). The summed E-state index contributed by atoms with van der Waals surface area (Å²) in [7, 11) is -3.56. The van der Waals surface area contributed by atoms with E-state index in [2.05, 4.69) is 5.32 Å². The highest BCUT2D eigenvalue weighted by atomic mass is 35.5. The van der Waals surface area contributed by atoms with Gasteiger partial charge in [0.2, 0.25) is 15.9 Å². The number of halogens is 1. The van der Waals surface area contributed by atoms with Crippen LogP contribution in [0.5, 0.6) is 0 Å². The topological polar surface area (TPSA) is 92.5 Å². The van der Waals surface area contributed by atoms with Crippen LogP contribution in [0.25, 0.3) is 0 Å². The minimum absolute atomic E-state index is 0. The summed E-state index contributed by atoms with van der Waals surface area (Å²) in [6, 6.07) is 5.10. The van der Waals surface area contributed by atoms with Crippen molar-refractivity contribution in [2.75, 3.05) is 18.4 Å². The first kappa shape index (κ1) is 21.9. The number of anilines is 1. The molecule has 1 aliphatic rings. The van der Waals surface area contributed by atoms with E-state index in [1.165, 1.54) is 4.31 Å². The highest BCUT2D eigenvalue weighted by Crippen LogP contribution is 2.27. The number of amides is 1. The van der Waals surface area contributed by atoms with Crippen LogP contribution in [0.2, 0.25) is 0 Å². The first-order chi connectivity index (χ1) is 11.3. The van der Waals surface area contributed by atoms with Crippen LogP contribution in [-0.2, 0) is 14.8 Å². The van der Waals surface area contributed by atoms with Gasteiger partial charge in [-0.05, 0) is 43.9 Å². The zero-order valence-electron chi connectivity index (χ0n) is 15.0. The lowest BCUT2D eigenvalue weighted by Gasteiger charge is -2.20. The Morgan fingerprint density at radius 3 is 2.44 bits per heavy atom. The normalized spacial score (nSPS) is 20.4. The van der Waals surface area contributed by atoms with Gasteiger partial charge in [0.05, 0.1) is 4.90 Å². The minimum atomic E-state index is -3.56. The molecular weight excluding hydrogens is 362 g/mol. The number of nitrogens with one attached hydrogen (secondary N) is 1. The van der Waals surface area contributed by atoms with Gasteiger partial charge in [-0.25, -0.2) is 8.42 Å². The molecule has 1 saturated carbocycles. The summed E-state index contributed by atoms with van der Waals surface area (Å²) in [6.45, 7) is 6.21. The molecule has 1 aromatic carbocycles. The van der Waals surface area contributed by atoms with Crippen LogP contribution in [0.1, 0.15) is 38.7 Å². The summed E-state index contributed by atoms with van der Waals surface area (Å²) < 4.78 is 26.9. The summed E-state index contributed by atoms with van der Waals surface area (Å²) >= 11 is 0. The fourth-order valence-electron chi connectivity index (χ4n) is 3.16. The molecule has 2 atom stereocenters. The standard InChI is InChI=1S/C17H27N3O3S.ClH/c1-4-20(5-2)24(22,23)16-11-15(9-6-12(16)3)19-17(21)13-7-8-14(18)10-13;/h6,9,11,13-14H,4-5,7-8,10,18H2,1-3H3,(H,19,21);1H. The van der Waals surface area contributed by atoms with Gasteiger partial charge in [0.1, 0.15) is 0 Å². The molecule has 0 saturated heterocycles. The van der Waals surface area contributed by atoms with Gasteiger partial charge in [0.15, 0.2) is 0 Å². The molecule has 0 heterocycles. The van der Waals surface area contributed by atoms with E-state index in [0.29, 0.717) is 30.8 Å². The second kappa shape index (κ2) is 8.98. The molecule has 8 heteroatoms. The second-order valence-corrected chi connectivity index (χ2v) is 8.24. The molecule has 1 aromatic rings. The Morgan fingerprint density at radius 2 is 1.92 bits per heavy atom. The summed E-state index contributed by atoms with van der Waals surface area (Å²) in [5.74, 6) is -0.179. The Hall–Kier alpha value is -1.15. The lowest BCUT2D eigenvalue weighted by molar-refractivity contribution is -0.119. The molecule has 0 bridgehead atoms. The van der Waals surface area contributed by atoms with Gasteiger partial charge in [-0.15, -0.1) is 12.4 Å². The van der Waals surface area contributed by atoms with Gasteiger partial charge >= 0.3 is 0 Å². The van der Waals surface area contributed by atoms with Gasteiger partial charge in [0, 0.05) is 30.7 Å². The van der Waals surface area contributed by atoms with E-state index in [-0.39, 0.29) is 35.2 Å². The molecule has 0 aromatic heterocycles. The van der Waals surface area contributed by atoms with Crippen molar-refractivity contribution in [2.24, 2.45) is 11.7 Å². The van der Waals surface area contributed by atoms with Crippen molar-refractivity contribution < 1.29 is 13.2 Å². The Balaban J connectivity index is 0.00000312. The fourth-order valence-corrected chi connectivity index (χ4v) is 4.87. The van der Waals surface area contributed by atoms with Crippen molar-refractivity contribution in [1.82, 2.24) is 4.31 Å². The molecule has 3 N–H and O–H groups in total. The third-order valence-corrected chi connectivity index (χ3v) is 6.81. The highest BCUT2D eigenvalue weighted by Gasteiger charge is 2.28. The van der Waals surface area contributed by atoms with Crippen molar-refractivity contribution in [3.63, 3.8) is 0 Å². The van der Waals surface area contributed by atoms with E-state index < -0.39 is 10.0 Å². The third kappa shape index (κ3) is 4.94. The predicted octanol–water partition coefficient (Wildman–Crippen LogP) is 2.51. The number of hydrogen-bond donors (Lipinski definition) is 2. The largest absolute Gasteiger partial charge is 0.328 e. The van der Waals surface area contributed by atoms with Crippen molar-refractivity contribution in [2.45, 2.75) is 51.0 Å².